The summed E-state index contributed by atoms with van der Waals surface area (Å²) in [4.78, 5) is 16.0. The maximum atomic E-state index is 12.0. The van der Waals surface area contributed by atoms with Gasteiger partial charge in [-0.15, -0.1) is 0 Å². The summed E-state index contributed by atoms with van der Waals surface area (Å²) in [5, 5.41) is 2.79. The van der Waals surface area contributed by atoms with E-state index in [4.69, 9.17) is 10.5 Å². The van der Waals surface area contributed by atoms with Crippen LogP contribution in [0.4, 0.5) is 5.69 Å². The molecule has 106 valence electrons. The number of pyridine rings is 1. The minimum atomic E-state index is -0.195. The van der Waals surface area contributed by atoms with Gasteiger partial charge in [0.1, 0.15) is 5.69 Å². The fraction of sp³-hybridized carbons (Fsp3) is 0.571. The number of carbonyl (C=O) groups excluding carboxylic acids is 1. The van der Waals surface area contributed by atoms with Gasteiger partial charge in [0.05, 0.1) is 6.61 Å². The van der Waals surface area contributed by atoms with Crippen LogP contribution in [0.3, 0.4) is 0 Å². The lowest BCUT2D eigenvalue weighted by Crippen LogP contribution is -2.38. The number of anilines is 1. The first-order chi connectivity index (χ1) is 8.84. The first-order valence-corrected chi connectivity index (χ1v) is 6.47. The van der Waals surface area contributed by atoms with Crippen LogP contribution in [-0.4, -0.2) is 23.5 Å². The number of hydrogen-bond donors (Lipinski definition) is 2. The lowest BCUT2D eigenvalue weighted by atomic mass is 9.85. The minimum absolute atomic E-state index is 0.102. The largest absolute Gasteiger partial charge is 0.476 e. The number of amides is 1. The van der Waals surface area contributed by atoms with Gasteiger partial charge in [0.15, 0.2) is 0 Å². The SMILES string of the molecule is CCOc1ncccc1NC(=O)CC(N)C(C)(C)C. The lowest BCUT2D eigenvalue weighted by Gasteiger charge is -2.26. The first-order valence-electron chi connectivity index (χ1n) is 6.47. The van der Waals surface area contributed by atoms with Crippen molar-refractivity contribution in [2.75, 3.05) is 11.9 Å². The molecule has 0 aliphatic heterocycles. The van der Waals surface area contributed by atoms with E-state index >= 15 is 0 Å². The quantitative estimate of drug-likeness (QED) is 0.855. The Morgan fingerprint density at radius 2 is 2.21 bits per heavy atom. The highest BCUT2D eigenvalue weighted by molar-refractivity contribution is 5.92. The molecule has 0 spiro atoms. The molecule has 0 saturated carbocycles. The van der Waals surface area contributed by atoms with Crippen LogP contribution in [0.25, 0.3) is 0 Å². The van der Waals surface area contributed by atoms with Crippen LogP contribution in [0.2, 0.25) is 0 Å². The molecule has 1 amide bonds. The molecule has 3 N–H and O–H groups in total. The van der Waals surface area contributed by atoms with Gasteiger partial charge in [0.2, 0.25) is 11.8 Å². The molecule has 0 bridgehead atoms. The molecule has 0 aliphatic carbocycles. The first kappa shape index (κ1) is 15.4. The van der Waals surface area contributed by atoms with E-state index in [1.54, 1.807) is 18.3 Å². The number of nitrogens with one attached hydrogen (secondary N) is 1. The fourth-order valence-electron chi connectivity index (χ4n) is 1.44. The smallest absolute Gasteiger partial charge is 0.237 e. The van der Waals surface area contributed by atoms with Crippen LogP contribution in [0.1, 0.15) is 34.1 Å². The zero-order valence-corrected chi connectivity index (χ0v) is 12.1. The Morgan fingerprint density at radius 3 is 2.79 bits per heavy atom. The Bertz CT molecular complexity index is 427. The number of carbonyl (C=O) groups is 1. The molecular weight excluding hydrogens is 242 g/mol. The fourth-order valence-corrected chi connectivity index (χ4v) is 1.44. The van der Waals surface area contributed by atoms with Crippen molar-refractivity contribution in [3.8, 4) is 5.88 Å². The molecular formula is C14H23N3O2. The molecule has 19 heavy (non-hydrogen) atoms. The third kappa shape index (κ3) is 4.87. The molecule has 0 radical (unpaired) electrons. The maximum Gasteiger partial charge on any atom is 0.237 e. The van der Waals surface area contributed by atoms with E-state index in [1.807, 2.05) is 27.7 Å². The second-order valence-electron chi connectivity index (χ2n) is 5.51. The van der Waals surface area contributed by atoms with Crippen molar-refractivity contribution in [2.24, 2.45) is 11.1 Å². The van der Waals surface area contributed by atoms with Crippen LogP contribution in [0.5, 0.6) is 5.88 Å². The molecule has 5 nitrogen and oxygen atoms in total. The van der Waals surface area contributed by atoms with E-state index in [0.29, 0.717) is 18.2 Å². The molecule has 1 rings (SSSR count). The van der Waals surface area contributed by atoms with Crippen LogP contribution in [0, 0.1) is 5.41 Å². The second kappa shape index (κ2) is 6.52. The lowest BCUT2D eigenvalue weighted by molar-refractivity contribution is -0.117. The van der Waals surface area contributed by atoms with Crippen LogP contribution in [0.15, 0.2) is 18.3 Å². The van der Waals surface area contributed by atoms with E-state index in [9.17, 15) is 4.79 Å². The standard InChI is InChI=1S/C14H23N3O2/c1-5-19-13-10(7-6-8-16-13)17-12(18)9-11(15)14(2,3)4/h6-8,11H,5,9,15H2,1-4H3,(H,17,18). The maximum absolute atomic E-state index is 12.0. The monoisotopic (exact) mass is 265 g/mol. The van der Waals surface area contributed by atoms with Gasteiger partial charge in [0, 0.05) is 18.7 Å². The van der Waals surface area contributed by atoms with Gasteiger partial charge in [-0.25, -0.2) is 4.98 Å². The van der Waals surface area contributed by atoms with Gasteiger partial charge in [0.25, 0.3) is 0 Å². The van der Waals surface area contributed by atoms with Gasteiger partial charge >= 0.3 is 0 Å². The van der Waals surface area contributed by atoms with Crippen molar-refractivity contribution in [2.45, 2.75) is 40.2 Å². The predicted octanol–water partition coefficient (Wildman–Crippen LogP) is 2.18. The van der Waals surface area contributed by atoms with Gasteiger partial charge in [-0.2, -0.15) is 0 Å². The minimum Gasteiger partial charge on any atom is -0.476 e. The summed E-state index contributed by atoms with van der Waals surface area (Å²) in [7, 11) is 0. The van der Waals surface area contributed by atoms with Crippen molar-refractivity contribution in [3.63, 3.8) is 0 Å². The number of aromatic nitrogens is 1. The van der Waals surface area contributed by atoms with E-state index in [1.165, 1.54) is 0 Å². The zero-order valence-electron chi connectivity index (χ0n) is 12.1. The normalized spacial score (nSPS) is 12.9. The van der Waals surface area contributed by atoms with E-state index in [2.05, 4.69) is 10.3 Å². The topological polar surface area (TPSA) is 77.2 Å². The Labute approximate surface area is 114 Å². The van der Waals surface area contributed by atoms with E-state index in [0.717, 1.165) is 0 Å². The Balaban J connectivity index is 2.67. The van der Waals surface area contributed by atoms with Gasteiger partial charge in [-0.05, 0) is 24.5 Å². The average molecular weight is 265 g/mol. The number of nitrogens with zero attached hydrogens (tertiary/aromatic N) is 1. The van der Waals surface area contributed by atoms with Gasteiger partial charge in [-0.3, -0.25) is 4.79 Å². The number of nitrogens with two attached hydrogens (primary N) is 1. The summed E-state index contributed by atoms with van der Waals surface area (Å²) in [6.45, 7) is 8.42. The molecule has 1 heterocycles. The van der Waals surface area contributed by atoms with Crippen LogP contribution >= 0.6 is 0 Å². The average Bonchev–Trinajstić information content (AvgIpc) is 2.30. The summed E-state index contributed by atoms with van der Waals surface area (Å²) >= 11 is 0. The van der Waals surface area contributed by atoms with Crippen molar-refractivity contribution in [1.29, 1.82) is 0 Å². The van der Waals surface area contributed by atoms with Gasteiger partial charge in [-0.1, -0.05) is 20.8 Å². The van der Waals surface area contributed by atoms with Crippen molar-refractivity contribution >= 4 is 11.6 Å². The van der Waals surface area contributed by atoms with Gasteiger partial charge < -0.3 is 15.8 Å². The summed E-state index contributed by atoms with van der Waals surface area (Å²) in [6, 6.07) is 3.32. The Kier molecular flexibility index (Phi) is 5.30. The van der Waals surface area contributed by atoms with Crippen molar-refractivity contribution in [1.82, 2.24) is 4.98 Å². The van der Waals surface area contributed by atoms with Crippen molar-refractivity contribution < 1.29 is 9.53 Å². The predicted molar refractivity (Wildman–Crippen MR) is 76.1 cm³/mol. The summed E-state index contributed by atoms with van der Waals surface area (Å²) in [5.74, 6) is 0.305. The third-order valence-corrected chi connectivity index (χ3v) is 2.84. The van der Waals surface area contributed by atoms with Crippen LogP contribution in [-0.2, 0) is 4.79 Å². The van der Waals surface area contributed by atoms with E-state index < -0.39 is 0 Å². The molecule has 5 heteroatoms. The summed E-state index contributed by atoms with van der Waals surface area (Å²) < 4.78 is 5.35. The second-order valence-corrected chi connectivity index (χ2v) is 5.51. The zero-order chi connectivity index (χ0) is 14.5. The molecule has 1 aromatic heterocycles. The molecule has 0 saturated heterocycles. The highest BCUT2D eigenvalue weighted by Crippen LogP contribution is 2.23. The molecule has 1 aromatic rings. The number of rotatable bonds is 5. The highest BCUT2D eigenvalue weighted by Gasteiger charge is 2.23. The number of hydrogen-bond acceptors (Lipinski definition) is 4. The third-order valence-electron chi connectivity index (χ3n) is 2.84. The van der Waals surface area contributed by atoms with E-state index in [-0.39, 0.29) is 23.8 Å². The summed E-state index contributed by atoms with van der Waals surface area (Å²) in [6.07, 6.45) is 1.89. The van der Waals surface area contributed by atoms with Crippen LogP contribution < -0.4 is 15.8 Å². The molecule has 0 aromatic carbocycles. The number of ether oxygens (including phenoxy) is 1. The molecule has 1 unspecified atom stereocenters. The Morgan fingerprint density at radius 1 is 1.53 bits per heavy atom. The molecule has 1 atom stereocenters. The molecule has 0 fully saturated rings. The Hall–Kier alpha value is -1.62. The van der Waals surface area contributed by atoms with Crippen molar-refractivity contribution in [3.05, 3.63) is 18.3 Å². The highest BCUT2D eigenvalue weighted by atomic mass is 16.5. The molecule has 0 aliphatic rings. The summed E-state index contributed by atoms with van der Waals surface area (Å²) in [5.41, 5.74) is 6.47.